The zero-order valence-corrected chi connectivity index (χ0v) is 23.5. The van der Waals surface area contributed by atoms with Gasteiger partial charge in [-0.15, -0.1) is 10.2 Å². The summed E-state index contributed by atoms with van der Waals surface area (Å²) in [6.07, 6.45) is 6.11. The van der Waals surface area contributed by atoms with Crippen molar-refractivity contribution < 1.29 is 19.4 Å². The quantitative estimate of drug-likeness (QED) is 0.0548. The second-order valence-electron chi connectivity index (χ2n) is 9.16. The number of Topliss-reactive ketones (excluding diaryl/α,β-unsaturated/α-hetero) is 1. The highest BCUT2D eigenvalue weighted by atomic mass is 32.2. The number of hydrogen-bond acceptors (Lipinski definition) is 9. The summed E-state index contributed by atoms with van der Waals surface area (Å²) in [4.78, 5) is 32.2. The third-order valence-corrected chi connectivity index (χ3v) is 8.52. The van der Waals surface area contributed by atoms with E-state index in [0.717, 1.165) is 24.8 Å². The number of aromatic nitrogens is 3. The van der Waals surface area contributed by atoms with Gasteiger partial charge in [0.25, 0.3) is 5.78 Å². The van der Waals surface area contributed by atoms with Crippen molar-refractivity contribution in [3.8, 4) is 5.75 Å². The average Bonchev–Trinajstić information content (AvgIpc) is 3.57. The number of thioether (sulfide) groups is 1. The molecule has 3 heterocycles. The molecule has 0 bridgehead atoms. The number of benzene rings is 2. The number of hydrogen-bond donors (Lipinski definition) is 1. The lowest BCUT2D eigenvalue weighted by Crippen LogP contribution is -2.29. The Labute approximate surface area is 240 Å². The minimum atomic E-state index is -0.910. The van der Waals surface area contributed by atoms with E-state index in [1.165, 1.54) is 40.4 Å². The minimum absolute atomic E-state index is 0.0204. The van der Waals surface area contributed by atoms with E-state index in [-0.39, 0.29) is 16.5 Å². The molecule has 0 spiro atoms. The highest BCUT2D eigenvalue weighted by Crippen LogP contribution is 2.44. The van der Waals surface area contributed by atoms with Gasteiger partial charge in [-0.25, -0.2) is 0 Å². The van der Waals surface area contributed by atoms with E-state index in [2.05, 4.69) is 22.1 Å². The van der Waals surface area contributed by atoms with Gasteiger partial charge >= 0.3 is 5.91 Å². The second-order valence-corrected chi connectivity index (χ2v) is 11.3. The Balaban J connectivity index is 1.51. The molecule has 1 aliphatic rings. The molecule has 5 rings (SSSR count). The van der Waals surface area contributed by atoms with Crippen LogP contribution in [0.5, 0.6) is 5.75 Å². The van der Waals surface area contributed by atoms with E-state index in [1.807, 2.05) is 48.5 Å². The highest BCUT2D eigenvalue weighted by Gasteiger charge is 2.48. The summed E-state index contributed by atoms with van der Waals surface area (Å²) in [5.74, 6) is -0.518. The normalized spacial score (nSPS) is 16.4. The number of unbranched alkanes of at least 4 members (excludes halogenated alkanes) is 2. The largest absolute Gasteiger partial charge is 0.507 e. The molecule has 0 saturated carbocycles. The first-order valence-corrected chi connectivity index (χ1v) is 14.8. The molecule has 2 aromatic heterocycles. The molecular weight excluding hydrogens is 544 g/mol. The number of anilines is 1. The summed E-state index contributed by atoms with van der Waals surface area (Å²) < 4.78 is 6.63. The van der Waals surface area contributed by atoms with E-state index in [0.29, 0.717) is 33.6 Å². The highest BCUT2D eigenvalue weighted by molar-refractivity contribution is 8.00. The summed E-state index contributed by atoms with van der Waals surface area (Å²) in [5, 5.41) is 20.1. The third-order valence-electron chi connectivity index (χ3n) is 6.40. The number of ketones is 1. The molecule has 8 nitrogen and oxygen atoms in total. The third kappa shape index (κ3) is 6.08. The SMILES string of the molecule is CCCCCOc1cccc(C2/C(=C(\O)c3ccncc3)C(=O)C(=O)N2c2nnc(SCc3ccccc3)s2)c1. The van der Waals surface area contributed by atoms with E-state index in [1.54, 1.807) is 18.2 Å². The predicted molar refractivity (Wildman–Crippen MR) is 156 cm³/mol. The fourth-order valence-corrected chi connectivity index (χ4v) is 6.23. The van der Waals surface area contributed by atoms with E-state index >= 15 is 0 Å². The molecule has 1 amide bonds. The molecule has 1 N–H and O–H groups in total. The lowest BCUT2D eigenvalue weighted by Gasteiger charge is -2.23. The maximum atomic E-state index is 13.5. The maximum absolute atomic E-state index is 13.5. The Morgan fingerprint density at radius 1 is 1.02 bits per heavy atom. The van der Waals surface area contributed by atoms with Crippen molar-refractivity contribution in [2.45, 2.75) is 42.3 Å². The first-order chi connectivity index (χ1) is 19.6. The van der Waals surface area contributed by atoms with Crippen LogP contribution in [0.25, 0.3) is 5.76 Å². The van der Waals surface area contributed by atoms with Gasteiger partial charge in [0.2, 0.25) is 5.13 Å². The number of aliphatic hydroxyl groups excluding tert-OH is 1. The Hall–Kier alpha value is -4.02. The smallest absolute Gasteiger partial charge is 0.301 e. The van der Waals surface area contributed by atoms with Crippen LogP contribution in [0.1, 0.15) is 48.9 Å². The molecule has 10 heteroatoms. The molecule has 0 aliphatic carbocycles. The molecule has 2 aromatic carbocycles. The van der Waals surface area contributed by atoms with Crippen LogP contribution in [0.2, 0.25) is 0 Å². The van der Waals surface area contributed by atoms with Crippen LogP contribution in [0, 0.1) is 0 Å². The van der Waals surface area contributed by atoms with Gasteiger partial charge in [0, 0.05) is 23.7 Å². The lowest BCUT2D eigenvalue weighted by atomic mass is 9.95. The van der Waals surface area contributed by atoms with Crippen molar-refractivity contribution in [2.75, 3.05) is 11.5 Å². The van der Waals surface area contributed by atoms with E-state index < -0.39 is 17.7 Å². The summed E-state index contributed by atoms with van der Waals surface area (Å²) in [6, 6.07) is 19.5. The fourth-order valence-electron chi connectivity index (χ4n) is 4.40. The number of pyridine rings is 1. The molecule has 1 atom stereocenters. The molecular formula is C30H28N4O4S2. The van der Waals surface area contributed by atoms with Crippen molar-refractivity contribution in [3.05, 3.63) is 101 Å². The van der Waals surface area contributed by atoms with Gasteiger partial charge in [0.05, 0.1) is 18.2 Å². The summed E-state index contributed by atoms with van der Waals surface area (Å²) in [6.45, 7) is 2.69. The number of nitrogens with zero attached hydrogens (tertiary/aromatic N) is 4. The van der Waals surface area contributed by atoms with E-state index in [4.69, 9.17) is 4.74 Å². The van der Waals surface area contributed by atoms with Gasteiger partial charge in [0.1, 0.15) is 11.5 Å². The van der Waals surface area contributed by atoms with Crippen LogP contribution in [0.15, 0.2) is 89.0 Å². The Morgan fingerprint density at radius 3 is 2.60 bits per heavy atom. The molecule has 4 aromatic rings. The maximum Gasteiger partial charge on any atom is 0.301 e. The number of aliphatic hydroxyl groups is 1. The Kier molecular flexibility index (Phi) is 8.87. The molecule has 1 aliphatic heterocycles. The second kappa shape index (κ2) is 12.9. The predicted octanol–water partition coefficient (Wildman–Crippen LogP) is 6.42. The van der Waals surface area contributed by atoms with Gasteiger partial charge in [-0.2, -0.15) is 0 Å². The number of carbonyl (C=O) groups excluding carboxylic acids is 2. The van der Waals surface area contributed by atoms with Crippen molar-refractivity contribution in [1.82, 2.24) is 15.2 Å². The van der Waals surface area contributed by atoms with Crippen molar-refractivity contribution in [1.29, 1.82) is 0 Å². The standard InChI is InChI=1S/C30H28N4O4S2/c1-2-3-7-17-38-23-12-8-11-22(18-23)25-24(26(35)21-13-15-31-16-14-21)27(36)28(37)34(25)29-32-33-30(40-29)39-19-20-9-5-4-6-10-20/h4-6,8-16,18,25,35H,2-3,7,17,19H2,1H3/b26-24+. The van der Waals surface area contributed by atoms with Gasteiger partial charge in [-0.3, -0.25) is 19.5 Å². The van der Waals surface area contributed by atoms with Crippen LogP contribution < -0.4 is 9.64 Å². The van der Waals surface area contributed by atoms with Gasteiger partial charge in [-0.1, -0.05) is 85.3 Å². The Bertz CT molecular complexity index is 1510. The molecule has 40 heavy (non-hydrogen) atoms. The number of rotatable bonds is 11. The van der Waals surface area contributed by atoms with Crippen molar-refractivity contribution in [2.24, 2.45) is 0 Å². The van der Waals surface area contributed by atoms with Crippen LogP contribution >= 0.6 is 23.1 Å². The number of carbonyl (C=O) groups is 2. The number of amides is 1. The zero-order valence-electron chi connectivity index (χ0n) is 21.9. The molecule has 0 radical (unpaired) electrons. The van der Waals surface area contributed by atoms with Crippen LogP contribution in [-0.4, -0.2) is 38.6 Å². The molecule has 1 unspecified atom stereocenters. The van der Waals surface area contributed by atoms with Crippen LogP contribution in [0.3, 0.4) is 0 Å². The summed E-state index contributed by atoms with van der Waals surface area (Å²) in [7, 11) is 0. The van der Waals surface area contributed by atoms with Gasteiger partial charge < -0.3 is 9.84 Å². The first kappa shape index (κ1) is 27.5. The first-order valence-electron chi connectivity index (χ1n) is 13.0. The zero-order chi connectivity index (χ0) is 27.9. The average molecular weight is 573 g/mol. The van der Waals surface area contributed by atoms with Gasteiger partial charge in [0.15, 0.2) is 4.34 Å². The van der Waals surface area contributed by atoms with Crippen molar-refractivity contribution in [3.63, 3.8) is 0 Å². The molecule has 1 fully saturated rings. The number of ether oxygens (including phenoxy) is 1. The fraction of sp³-hybridized carbons (Fsp3) is 0.233. The summed E-state index contributed by atoms with van der Waals surface area (Å²) >= 11 is 2.74. The molecule has 1 saturated heterocycles. The Morgan fingerprint density at radius 2 is 1.82 bits per heavy atom. The molecule has 204 valence electrons. The van der Waals surface area contributed by atoms with Gasteiger partial charge in [-0.05, 0) is 41.8 Å². The lowest BCUT2D eigenvalue weighted by molar-refractivity contribution is -0.132. The van der Waals surface area contributed by atoms with Crippen LogP contribution in [0.4, 0.5) is 5.13 Å². The monoisotopic (exact) mass is 572 g/mol. The van der Waals surface area contributed by atoms with Crippen molar-refractivity contribution >= 4 is 45.7 Å². The van der Waals surface area contributed by atoms with Crippen LogP contribution in [-0.2, 0) is 15.3 Å². The van der Waals surface area contributed by atoms with E-state index in [9.17, 15) is 14.7 Å². The topological polar surface area (TPSA) is 106 Å². The minimum Gasteiger partial charge on any atom is -0.507 e. The summed E-state index contributed by atoms with van der Waals surface area (Å²) in [5.41, 5.74) is 2.13.